The Morgan fingerprint density at radius 3 is 2.54 bits per heavy atom. The Kier molecular flexibility index (Phi) is 3.13. The normalized spacial score (nSPS) is 24.8. The van der Waals surface area contributed by atoms with Gasteiger partial charge in [0.2, 0.25) is 0 Å². The summed E-state index contributed by atoms with van der Waals surface area (Å²) in [6, 6.07) is 0.0386. The van der Waals surface area contributed by atoms with Crippen LogP contribution < -0.4 is 0 Å². The largest absolute Gasteiger partial charge is 0.468 e. The number of hydrogen-bond donors (Lipinski definition) is 0. The number of rotatable bonds is 2. The van der Waals surface area contributed by atoms with E-state index in [-0.39, 0.29) is 12.0 Å². The molecule has 1 aliphatic rings. The summed E-state index contributed by atoms with van der Waals surface area (Å²) < 4.78 is 7.16. The van der Waals surface area contributed by atoms with Crippen molar-refractivity contribution in [2.45, 2.75) is 38.5 Å². The van der Waals surface area contributed by atoms with Crippen molar-refractivity contribution in [1.29, 1.82) is 0 Å². The van der Waals surface area contributed by atoms with Crippen molar-refractivity contribution in [2.75, 3.05) is 13.7 Å². The Bertz CT molecular complexity index is 200. The summed E-state index contributed by atoms with van der Waals surface area (Å²) in [5, 5.41) is 0. The number of ether oxygens (including phenoxy) is 1. The van der Waals surface area contributed by atoms with Crippen LogP contribution in [0.5, 0.6) is 0 Å². The van der Waals surface area contributed by atoms with E-state index < -0.39 is 8.24 Å². The summed E-state index contributed by atoms with van der Waals surface area (Å²) >= 11 is 0. The van der Waals surface area contributed by atoms with Gasteiger partial charge in [0.15, 0.2) is 0 Å². The van der Waals surface area contributed by atoms with Crippen LogP contribution in [0.3, 0.4) is 0 Å². The van der Waals surface area contributed by atoms with Gasteiger partial charge in [-0.15, -0.1) is 0 Å². The van der Waals surface area contributed by atoms with Crippen LogP contribution in [0, 0.1) is 0 Å². The van der Waals surface area contributed by atoms with Crippen molar-refractivity contribution >= 4 is 14.2 Å². The van der Waals surface area contributed by atoms with Gasteiger partial charge in [0, 0.05) is 0 Å². The number of methoxy groups -OCH3 is 1. The Morgan fingerprint density at radius 1 is 1.46 bits per heavy atom. The van der Waals surface area contributed by atoms with E-state index >= 15 is 0 Å². The fraction of sp³-hybridized carbons (Fsp3) is 0.889. The highest BCUT2D eigenvalue weighted by Crippen LogP contribution is 2.24. The maximum absolute atomic E-state index is 11.4. The summed E-state index contributed by atoms with van der Waals surface area (Å²) in [5.41, 5.74) is 0. The van der Waals surface area contributed by atoms with E-state index in [4.69, 9.17) is 4.74 Å². The smallest absolute Gasteiger partial charge is 0.322 e. The summed E-state index contributed by atoms with van der Waals surface area (Å²) in [6.07, 6.45) is 2.10. The molecule has 0 unspecified atom stereocenters. The first kappa shape index (κ1) is 10.7. The molecule has 1 aliphatic heterocycles. The molecule has 3 nitrogen and oxygen atoms in total. The molecule has 0 N–H and O–H groups in total. The first-order chi connectivity index (χ1) is 5.96. The van der Waals surface area contributed by atoms with Crippen LogP contribution in [0.4, 0.5) is 0 Å². The van der Waals surface area contributed by atoms with E-state index in [0.717, 1.165) is 19.4 Å². The molecule has 0 aromatic heterocycles. The Morgan fingerprint density at radius 2 is 2.08 bits per heavy atom. The maximum Gasteiger partial charge on any atom is 0.322 e. The molecule has 0 saturated carbocycles. The van der Waals surface area contributed by atoms with E-state index in [1.165, 1.54) is 7.11 Å². The van der Waals surface area contributed by atoms with Gasteiger partial charge < -0.3 is 9.30 Å². The first-order valence-electron chi connectivity index (χ1n) is 4.81. The van der Waals surface area contributed by atoms with E-state index in [2.05, 4.69) is 24.2 Å². The summed E-state index contributed by atoms with van der Waals surface area (Å²) in [4.78, 5) is 11.4. The average molecular weight is 201 g/mol. The fourth-order valence-corrected chi connectivity index (χ4v) is 3.95. The summed E-state index contributed by atoms with van der Waals surface area (Å²) in [6.45, 7) is 7.88. The van der Waals surface area contributed by atoms with Gasteiger partial charge in [0.05, 0.1) is 7.11 Å². The van der Waals surface area contributed by atoms with Gasteiger partial charge in [-0.1, -0.05) is 19.6 Å². The van der Waals surface area contributed by atoms with Crippen LogP contribution >= 0.6 is 0 Å². The molecule has 0 bridgehead atoms. The van der Waals surface area contributed by atoms with Gasteiger partial charge >= 0.3 is 5.97 Å². The topological polar surface area (TPSA) is 29.5 Å². The van der Waals surface area contributed by atoms with Crippen LogP contribution in [0.15, 0.2) is 0 Å². The molecule has 1 atom stereocenters. The summed E-state index contributed by atoms with van der Waals surface area (Å²) in [7, 11) is 0.141. The van der Waals surface area contributed by atoms with Crippen LogP contribution in [-0.4, -0.2) is 38.5 Å². The number of carbonyl (C=O) groups excluding carboxylic acids is 1. The molecule has 1 rings (SSSR count). The number of esters is 1. The molecule has 13 heavy (non-hydrogen) atoms. The third-order valence-corrected chi connectivity index (χ3v) is 4.85. The lowest BCUT2D eigenvalue weighted by Gasteiger charge is -2.33. The van der Waals surface area contributed by atoms with Gasteiger partial charge in [0.25, 0.3) is 0 Å². The zero-order chi connectivity index (χ0) is 10.1. The van der Waals surface area contributed by atoms with Gasteiger partial charge in [-0.25, -0.2) is 0 Å². The monoisotopic (exact) mass is 201 g/mol. The van der Waals surface area contributed by atoms with Crippen LogP contribution in [-0.2, 0) is 9.53 Å². The molecule has 0 aromatic rings. The lowest BCUT2D eigenvalue weighted by molar-refractivity contribution is -0.144. The molecule has 1 saturated heterocycles. The van der Waals surface area contributed by atoms with Crippen molar-refractivity contribution in [2.24, 2.45) is 0 Å². The highest BCUT2D eigenvalue weighted by molar-refractivity contribution is 6.73. The lowest BCUT2D eigenvalue weighted by Crippen LogP contribution is -2.51. The van der Waals surface area contributed by atoms with Gasteiger partial charge in [0.1, 0.15) is 14.3 Å². The van der Waals surface area contributed by atoms with E-state index in [9.17, 15) is 4.79 Å². The number of hydrogen-bond acceptors (Lipinski definition) is 3. The second-order valence-corrected chi connectivity index (χ2v) is 9.46. The molecule has 76 valence electrons. The second kappa shape index (κ2) is 3.80. The molecule has 0 aliphatic carbocycles. The third-order valence-electron chi connectivity index (χ3n) is 2.59. The Labute approximate surface area is 81.1 Å². The highest BCUT2D eigenvalue weighted by Gasteiger charge is 2.38. The minimum Gasteiger partial charge on any atom is -0.468 e. The predicted octanol–water partition coefficient (Wildman–Crippen LogP) is 1.46. The lowest BCUT2D eigenvalue weighted by atomic mass is 10.2. The Hall–Kier alpha value is -0.353. The molecule has 1 heterocycles. The molecule has 4 heteroatoms. The molecule has 0 amide bonds. The van der Waals surface area contributed by atoms with E-state index in [0.29, 0.717) is 0 Å². The molecule has 0 radical (unpaired) electrons. The van der Waals surface area contributed by atoms with Gasteiger partial charge in [-0.05, 0) is 19.4 Å². The SMILES string of the molecule is COC(=O)[C@@H]1CCCN1[Si](C)(C)C. The van der Waals surface area contributed by atoms with Crippen molar-refractivity contribution < 1.29 is 9.53 Å². The number of carbonyl (C=O) groups is 1. The molecule has 0 aromatic carbocycles. The standard InChI is InChI=1S/C9H19NO2Si/c1-12-9(11)8-6-5-7-10(8)13(2,3)4/h8H,5-7H2,1-4H3/t8-/m0/s1. The highest BCUT2D eigenvalue weighted by atomic mass is 28.3. The van der Waals surface area contributed by atoms with Crippen molar-refractivity contribution in [3.63, 3.8) is 0 Å². The predicted molar refractivity (Wildman–Crippen MR) is 55.1 cm³/mol. The third kappa shape index (κ3) is 2.31. The zero-order valence-corrected chi connectivity index (χ0v) is 9.96. The van der Waals surface area contributed by atoms with Crippen LogP contribution in [0.25, 0.3) is 0 Å². The van der Waals surface area contributed by atoms with E-state index in [1.54, 1.807) is 0 Å². The molecule has 0 spiro atoms. The van der Waals surface area contributed by atoms with Crippen LogP contribution in [0.1, 0.15) is 12.8 Å². The Balaban J connectivity index is 2.70. The quantitative estimate of drug-likeness (QED) is 0.500. The van der Waals surface area contributed by atoms with Gasteiger partial charge in [-0.2, -0.15) is 0 Å². The molecular weight excluding hydrogens is 182 g/mol. The minimum absolute atomic E-state index is 0.0386. The van der Waals surface area contributed by atoms with Crippen LogP contribution in [0.2, 0.25) is 19.6 Å². The second-order valence-electron chi connectivity index (χ2n) is 4.55. The minimum atomic E-state index is -1.33. The maximum atomic E-state index is 11.4. The first-order valence-corrected chi connectivity index (χ1v) is 8.26. The van der Waals surface area contributed by atoms with Crippen molar-refractivity contribution in [1.82, 2.24) is 4.57 Å². The zero-order valence-electron chi connectivity index (χ0n) is 8.96. The van der Waals surface area contributed by atoms with Gasteiger partial charge in [-0.3, -0.25) is 4.79 Å². The fourth-order valence-electron chi connectivity index (χ4n) is 1.95. The molecule has 1 fully saturated rings. The van der Waals surface area contributed by atoms with Crippen molar-refractivity contribution in [3.05, 3.63) is 0 Å². The molecular formula is C9H19NO2Si. The van der Waals surface area contributed by atoms with Crippen molar-refractivity contribution in [3.8, 4) is 0 Å². The average Bonchev–Trinajstić information content (AvgIpc) is 2.49. The summed E-state index contributed by atoms with van der Waals surface area (Å²) in [5.74, 6) is -0.0556. The number of nitrogens with zero attached hydrogens (tertiary/aromatic N) is 1. The van der Waals surface area contributed by atoms with E-state index in [1.807, 2.05) is 0 Å².